The van der Waals surface area contributed by atoms with Crippen molar-refractivity contribution in [1.82, 2.24) is 19.9 Å². The van der Waals surface area contributed by atoms with Crippen molar-refractivity contribution in [1.29, 1.82) is 0 Å². The molecule has 2 aromatic rings. The number of rotatable bonds is 2. The number of hydrogen-bond donors (Lipinski definition) is 0. The second-order valence-electron chi connectivity index (χ2n) is 5.47. The lowest BCUT2D eigenvalue weighted by Crippen LogP contribution is -2.47. The van der Waals surface area contributed by atoms with Gasteiger partial charge in [-0.25, -0.2) is 19.9 Å². The minimum absolute atomic E-state index is 0.605. The van der Waals surface area contributed by atoms with Crippen LogP contribution in [0.15, 0.2) is 12.5 Å². The van der Waals surface area contributed by atoms with E-state index in [1.165, 1.54) is 0 Å². The number of aryl methyl sites for hydroxylation is 2. The Hall–Kier alpha value is -1.95. The first-order chi connectivity index (χ1) is 10.6. The molecule has 0 radical (unpaired) electrons. The minimum atomic E-state index is 0.605. The average molecular weight is 319 g/mol. The van der Waals surface area contributed by atoms with Crippen molar-refractivity contribution in [2.75, 3.05) is 36.0 Å². The molecule has 0 spiro atoms. The third-order valence-electron chi connectivity index (χ3n) is 4.03. The number of anilines is 2. The predicted molar refractivity (Wildman–Crippen MR) is 87.7 cm³/mol. The lowest BCUT2D eigenvalue weighted by atomic mass is 10.2. The highest BCUT2D eigenvalue weighted by Crippen LogP contribution is 2.25. The van der Waals surface area contributed by atoms with Crippen LogP contribution < -0.4 is 9.80 Å². The van der Waals surface area contributed by atoms with Gasteiger partial charge in [-0.15, -0.1) is 0 Å². The van der Waals surface area contributed by atoms with E-state index < -0.39 is 0 Å². The molecule has 0 saturated carbocycles. The van der Waals surface area contributed by atoms with Crippen LogP contribution in [-0.2, 0) is 0 Å². The Morgan fingerprint density at radius 3 is 2.23 bits per heavy atom. The summed E-state index contributed by atoms with van der Waals surface area (Å²) in [7, 11) is 0. The normalized spacial score (nSPS) is 15.3. The van der Waals surface area contributed by atoms with Crippen molar-refractivity contribution in [3.8, 4) is 0 Å². The van der Waals surface area contributed by atoms with Crippen molar-refractivity contribution in [3.05, 3.63) is 34.6 Å². The molecule has 3 heterocycles. The Bertz CT molecular complexity index is 672. The fourth-order valence-corrected chi connectivity index (χ4v) is 2.85. The summed E-state index contributed by atoms with van der Waals surface area (Å²) >= 11 is 6.23. The van der Waals surface area contributed by atoms with E-state index >= 15 is 0 Å². The Morgan fingerprint density at radius 2 is 1.55 bits per heavy atom. The van der Waals surface area contributed by atoms with Crippen LogP contribution in [-0.4, -0.2) is 46.1 Å². The van der Waals surface area contributed by atoms with Gasteiger partial charge >= 0.3 is 0 Å². The molecule has 1 aliphatic heterocycles. The fraction of sp³-hybridized carbons (Fsp3) is 0.467. The number of hydrogen-bond acceptors (Lipinski definition) is 6. The van der Waals surface area contributed by atoms with E-state index in [2.05, 4.69) is 36.7 Å². The molecular weight excluding hydrogens is 300 g/mol. The van der Waals surface area contributed by atoms with Crippen LogP contribution in [0.1, 0.15) is 17.1 Å². The molecule has 1 saturated heterocycles. The van der Waals surface area contributed by atoms with Crippen molar-refractivity contribution in [2.24, 2.45) is 0 Å². The summed E-state index contributed by atoms with van der Waals surface area (Å²) in [4.78, 5) is 21.8. The number of nitrogens with zero attached hydrogens (tertiary/aromatic N) is 6. The third-order valence-corrected chi connectivity index (χ3v) is 4.30. The topological polar surface area (TPSA) is 58.0 Å². The molecule has 1 fully saturated rings. The maximum absolute atomic E-state index is 6.23. The van der Waals surface area contributed by atoms with Crippen molar-refractivity contribution in [3.63, 3.8) is 0 Å². The first kappa shape index (κ1) is 15.0. The summed E-state index contributed by atoms with van der Waals surface area (Å²) < 4.78 is 0. The molecule has 0 atom stereocenters. The summed E-state index contributed by atoms with van der Waals surface area (Å²) in [6.07, 6.45) is 3.30. The maximum atomic E-state index is 6.23. The van der Waals surface area contributed by atoms with Gasteiger partial charge < -0.3 is 9.80 Å². The van der Waals surface area contributed by atoms with E-state index in [4.69, 9.17) is 11.6 Å². The van der Waals surface area contributed by atoms with Crippen LogP contribution >= 0.6 is 11.6 Å². The van der Waals surface area contributed by atoms with Gasteiger partial charge in [0, 0.05) is 37.4 Å². The average Bonchev–Trinajstić information content (AvgIpc) is 2.53. The lowest BCUT2D eigenvalue weighted by molar-refractivity contribution is 0.637. The smallest absolute Gasteiger partial charge is 0.151 e. The minimum Gasteiger partial charge on any atom is -0.353 e. The molecule has 116 valence electrons. The molecule has 0 amide bonds. The second kappa shape index (κ2) is 6.04. The largest absolute Gasteiger partial charge is 0.353 e. The lowest BCUT2D eigenvalue weighted by Gasteiger charge is -2.37. The van der Waals surface area contributed by atoms with Gasteiger partial charge in [-0.3, -0.25) is 0 Å². The highest BCUT2D eigenvalue weighted by molar-refractivity contribution is 6.32. The van der Waals surface area contributed by atoms with E-state index in [1.54, 1.807) is 12.5 Å². The highest BCUT2D eigenvalue weighted by atomic mass is 35.5. The van der Waals surface area contributed by atoms with E-state index in [0.29, 0.717) is 5.02 Å². The van der Waals surface area contributed by atoms with Crippen molar-refractivity contribution >= 4 is 23.2 Å². The van der Waals surface area contributed by atoms with Crippen LogP contribution in [0.5, 0.6) is 0 Å². The molecule has 22 heavy (non-hydrogen) atoms. The van der Waals surface area contributed by atoms with E-state index in [0.717, 1.165) is 54.9 Å². The highest BCUT2D eigenvalue weighted by Gasteiger charge is 2.22. The van der Waals surface area contributed by atoms with Crippen LogP contribution in [0, 0.1) is 20.8 Å². The van der Waals surface area contributed by atoms with Crippen LogP contribution in [0.4, 0.5) is 11.6 Å². The van der Waals surface area contributed by atoms with Gasteiger partial charge in [-0.2, -0.15) is 0 Å². The Morgan fingerprint density at radius 1 is 0.909 bits per heavy atom. The first-order valence-electron chi connectivity index (χ1n) is 7.33. The Kier molecular flexibility index (Phi) is 4.11. The van der Waals surface area contributed by atoms with Gasteiger partial charge in [0.15, 0.2) is 5.82 Å². The van der Waals surface area contributed by atoms with Crippen molar-refractivity contribution in [2.45, 2.75) is 20.8 Å². The Balaban J connectivity index is 1.75. The van der Waals surface area contributed by atoms with Crippen molar-refractivity contribution < 1.29 is 0 Å². The Labute approximate surface area is 135 Å². The summed E-state index contributed by atoms with van der Waals surface area (Å²) in [6, 6.07) is 0. The zero-order valence-corrected chi connectivity index (χ0v) is 13.8. The maximum Gasteiger partial charge on any atom is 0.151 e. The van der Waals surface area contributed by atoms with E-state index in [1.807, 2.05) is 13.8 Å². The number of aromatic nitrogens is 4. The standard InChI is InChI=1S/C15H19ClN6/c1-10-11(2)18-9-19-14(10)21-4-6-22(7-5-21)15-13(16)8-17-12(3)20-15/h8-9H,4-7H2,1-3H3. The van der Waals surface area contributed by atoms with Gasteiger partial charge in [0.25, 0.3) is 0 Å². The summed E-state index contributed by atoms with van der Waals surface area (Å²) in [5, 5.41) is 0.605. The monoisotopic (exact) mass is 318 g/mol. The molecule has 0 N–H and O–H groups in total. The number of halogens is 1. The van der Waals surface area contributed by atoms with Gasteiger partial charge in [-0.05, 0) is 20.8 Å². The van der Waals surface area contributed by atoms with Gasteiger partial charge in [0.1, 0.15) is 23.0 Å². The second-order valence-corrected chi connectivity index (χ2v) is 5.88. The van der Waals surface area contributed by atoms with Crippen LogP contribution in [0.25, 0.3) is 0 Å². The molecular formula is C15H19ClN6. The summed E-state index contributed by atoms with van der Waals surface area (Å²) in [5.74, 6) is 2.59. The summed E-state index contributed by atoms with van der Waals surface area (Å²) in [5.41, 5.74) is 2.17. The molecule has 2 aromatic heterocycles. The van der Waals surface area contributed by atoms with Gasteiger partial charge in [0.2, 0.25) is 0 Å². The molecule has 7 heteroatoms. The fourth-order valence-electron chi connectivity index (χ4n) is 2.64. The first-order valence-corrected chi connectivity index (χ1v) is 7.71. The van der Waals surface area contributed by atoms with Crippen LogP contribution in [0.3, 0.4) is 0 Å². The van der Waals surface area contributed by atoms with Crippen LogP contribution in [0.2, 0.25) is 5.02 Å². The predicted octanol–water partition coefficient (Wildman–Crippen LogP) is 2.17. The van der Waals surface area contributed by atoms with E-state index in [-0.39, 0.29) is 0 Å². The zero-order valence-electron chi connectivity index (χ0n) is 13.0. The zero-order chi connectivity index (χ0) is 15.7. The van der Waals surface area contributed by atoms with E-state index in [9.17, 15) is 0 Å². The number of piperazine rings is 1. The SMILES string of the molecule is Cc1ncc(Cl)c(N2CCN(c3ncnc(C)c3C)CC2)n1. The molecule has 0 bridgehead atoms. The molecule has 0 aliphatic carbocycles. The third kappa shape index (κ3) is 2.83. The molecule has 0 aromatic carbocycles. The molecule has 6 nitrogen and oxygen atoms in total. The van der Waals surface area contributed by atoms with Gasteiger partial charge in [0.05, 0.1) is 6.20 Å². The molecule has 3 rings (SSSR count). The quantitative estimate of drug-likeness (QED) is 0.846. The molecule has 0 unspecified atom stereocenters. The molecule has 1 aliphatic rings. The van der Waals surface area contributed by atoms with Gasteiger partial charge in [-0.1, -0.05) is 11.6 Å². The summed E-state index contributed by atoms with van der Waals surface area (Å²) in [6.45, 7) is 9.45.